The zero-order valence-electron chi connectivity index (χ0n) is 10.1. The average Bonchev–Trinajstić information content (AvgIpc) is 3.09. The molecule has 2 heteroatoms. The zero-order chi connectivity index (χ0) is 10.7. The van der Waals surface area contributed by atoms with Crippen molar-refractivity contribution in [1.29, 1.82) is 0 Å². The highest BCUT2D eigenvalue weighted by atomic mass is 16.6. The first-order chi connectivity index (χ1) is 7.35. The zero-order valence-corrected chi connectivity index (χ0v) is 10.1. The molecule has 0 aromatic carbocycles. The Balaban J connectivity index is 1.59. The standard InChI is InChI=1S/C13H24O2/c1-3-10(12-8-14-12)6-5-7-11(4-2)13-9-15-13/h10-13H,3-9H2,1-2H3. The lowest BCUT2D eigenvalue weighted by Crippen LogP contribution is -2.10. The van der Waals surface area contributed by atoms with Gasteiger partial charge in [0.05, 0.1) is 25.4 Å². The van der Waals surface area contributed by atoms with Crippen molar-refractivity contribution in [2.24, 2.45) is 11.8 Å². The third-order valence-corrected chi connectivity index (χ3v) is 3.97. The lowest BCUT2D eigenvalue weighted by atomic mass is 9.90. The molecule has 2 aliphatic rings. The molecule has 0 amide bonds. The van der Waals surface area contributed by atoms with Crippen molar-refractivity contribution in [3.8, 4) is 0 Å². The summed E-state index contributed by atoms with van der Waals surface area (Å²) >= 11 is 0. The minimum Gasteiger partial charge on any atom is -0.373 e. The van der Waals surface area contributed by atoms with Gasteiger partial charge in [-0.1, -0.05) is 33.1 Å². The van der Waals surface area contributed by atoms with Crippen LogP contribution in [-0.4, -0.2) is 25.4 Å². The fraction of sp³-hybridized carbons (Fsp3) is 1.00. The monoisotopic (exact) mass is 212 g/mol. The Labute approximate surface area is 93.3 Å². The third kappa shape index (κ3) is 3.46. The maximum Gasteiger partial charge on any atom is 0.0837 e. The first kappa shape index (κ1) is 11.4. The van der Waals surface area contributed by atoms with Crippen LogP contribution in [-0.2, 0) is 9.47 Å². The first-order valence-electron chi connectivity index (χ1n) is 6.58. The van der Waals surface area contributed by atoms with Crippen LogP contribution >= 0.6 is 0 Å². The molecular weight excluding hydrogens is 188 g/mol. The Morgan fingerprint density at radius 1 is 0.933 bits per heavy atom. The van der Waals surface area contributed by atoms with Gasteiger partial charge in [0.2, 0.25) is 0 Å². The summed E-state index contributed by atoms with van der Waals surface area (Å²) in [5, 5.41) is 0. The first-order valence-corrected chi connectivity index (χ1v) is 6.58. The molecule has 0 aromatic heterocycles. The second kappa shape index (κ2) is 5.31. The molecule has 15 heavy (non-hydrogen) atoms. The van der Waals surface area contributed by atoms with Gasteiger partial charge >= 0.3 is 0 Å². The van der Waals surface area contributed by atoms with Crippen molar-refractivity contribution in [2.45, 2.75) is 58.2 Å². The fourth-order valence-electron chi connectivity index (χ4n) is 2.60. The molecule has 2 aliphatic heterocycles. The van der Waals surface area contributed by atoms with Crippen molar-refractivity contribution in [2.75, 3.05) is 13.2 Å². The normalized spacial score (nSPS) is 32.4. The molecule has 4 unspecified atom stereocenters. The maximum absolute atomic E-state index is 5.38. The van der Waals surface area contributed by atoms with Crippen LogP contribution in [0.25, 0.3) is 0 Å². The summed E-state index contributed by atoms with van der Waals surface area (Å²) in [6.07, 6.45) is 7.83. The number of hydrogen-bond acceptors (Lipinski definition) is 2. The quantitative estimate of drug-likeness (QED) is 0.578. The molecule has 2 nitrogen and oxygen atoms in total. The smallest absolute Gasteiger partial charge is 0.0837 e. The van der Waals surface area contributed by atoms with E-state index in [4.69, 9.17) is 9.47 Å². The summed E-state index contributed by atoms with van der Waals surface area (Å²) in [4.78, 5) is 0. The van der Waals surface area contributed by atoms with Crippen molar-refractivity contribution in [3.05, 3.63) is 0 Å². The molecular formula is C13H24O2. The van der Waals surface area contributed by atoms with Crippen LogP contribution in [0.15, 0.2) is 0 Å². The topological polar surface area (TPSA) is 25.1 Å². The lowest BCUT2D eigenvalue weighted by Gasteiger charge is -2.15. The molecule has 0 N–H and O–H groups in total. The Hall–Kier alpha value is -0.0800. The molecule has 0 spiro atoms. The van der Waals surface area contributed by atoms with Crippen LogP contribution in [0.1, 0.15) is 46.0 Å². The molecule has 2 saturated heterocycles. The highest BCUT2D eigenvalue weighted by molar-refractivity contribution is 4.81. The van der Waals surface area contributed by atoms with E-state index in [-0.39, 0.29) is 0 Å². The van der Waals surface area contributed by atoms with Gasteiger partial charge in [0, 0.05) is 0 Å². The summed E-state index contributed by atoms with van der Waals surface area (Å²) in [7, 11) is 0. The van der Waals surface area contributed by atoms with E-state index in [1.165, 1.54) is 32.1 Å². The van der Waals surface area contributed by atoms with Gasteiger partial charge in [-0.25, -0.2) is 0 Å². The van der Waals surface area contributed by atoms with Gasteiger partial charge in [0.15, 0.2) is 0 Å². The second-order valence-electron chi connectivity index (χ2n) is 5.01. The Morgan fingerprint density at radius 2 is 1.33 bits per heavy atom. The summed E-state index contributed by atoms with van der Waals surface area (Å²) in [5.74, 6) is 1.64. The number of rotatable bonds is 8. The van der Waals surface area contributed by atoms with E-state index in [1.54, 1.807) is 0 Å². The van der Waals surface area contributed by atoms with Gasteiger partial charge < -0.3 is 9.47 Å². The number of hydrogen-bond donors (Lipinski definition) is 0. The van der Waals surface area contributed by atoms with Gasteiger partial charge in [-0.05, 0) is 24.7 Å². The second-order valence-corrected chi connectivity index (χ2v) is 5.01. The average molecular weight is 212 g/mol. The molecule has 0 radical (unpaired) electrons. The number of ether oxygens (including phenoxy) is 2. The van der Waals surface area contributed by atoms with Crippen LogP contribution in [0.4, 0.5) is 0 Å². The van der Waals surface area contributed by atoms with Gasteiger partial charge in [-0.3, -0.25) is 0 Å². The molecule has 2 rings (SSSR count). The van der Waals surface area contributed by atoms with E-state index < -0.39 is 0 Å². The summed E-state index contributed by atoms with van der Waals surface area (Å²) in [6, 6.07) is 0. The van der Waals surface area contributed by atoms with Crippen LogP contribution in [0.3, 0.4) is 0 Å². The molecule has 0 saturated carbocycles. The highest BCUT2D eigenvalue weighted by Gasteiger charge is 2.33. The van der Waals surface area contributed by atoms with Crippen LogP contribution in [0.5, 0.6) is 0 Å². The fourth-order valence-corrected chi connectivity index (χ4v) is 2.60. The lowest BCUT2D eigenvalue weighted by molar-refractivity contribution is 0.275. The maximum atomic E-state index is 5.38. The van der Waals surface area contributed by atoms with E-state index in [9.17, 15) is 0 Å². The Kier molecular flexibility index (Phi) is 4.04. The molecule has 2 fully saturated rings. The summed E-state index contributed by atoms with van der Waals surface area (Å²) < 4.78 is 10.8. The van der Waals surface area contributed by atoms with Crippen molar-refractivity contribution >= 4 is 0 Å². The predicted molar refractivity (Wildman–Crippen MR) is 60.9 cm³/mol. The molecule has 2 heterocycles. The largest absolute Gasteiger partial charge is 0.373 e. The third-order valence-electron chi connectivity index (χ3n) is 3.97. The van der Waals surface area contributed by atoms with Crippen LogP contribution in [0, 0.1) is 11.8 Å². The van der Waals surface area contributed by atoms with Gasteiger partial charge in [-0.15, -0.1) is 0 Å². The predicted octanol–water partition coefficient (Wildman–Crippen LogP) is 3.01. The van der Waals surface area contributed by atoms with Gasteiger partial charge in [0.1, 0.15) is 0 Å². The van der Waals surface area contributed by atoms with E-state index >= 15 is 0 Å². The summed E-state index contributed by atoms with van der Waals surface area (Å²) in [5.41, 5.74) is 0. The SMILES string of the molecule is CCC(CCCC(CC)C1CO1)C1CO1. The van der Waals surface area contributed by atoms with E-state index in [0.717, 1.165) is 25.0 Å². The molecule has 4 atom stereocenters. The van der Waals surface area contributed by atoms with Crippen LogP contribution < -0.4 is 0 Å². The van der Waals surface area contributed by atoms with Crippen molar-refractivity contribution < 1.29 is 9.47 Å². The minimum absolute atomic E-state index is 0.604. The molecule has 88 valence electrons. The molecule has 0 bridgehead atoms. The van der Waals surface area contributed by atoms with Gasteiger partial charge in [0.25, 0.3) is 0 Å². The van der Waals surface area contributed by atoms with E-state index in [0.29, 0.717) is 12.2 Å². The summed E-state index contributed by atoms with van der Waals surface area (Å²) in [6.45, 7) is 6.60. The van der Waals surface area contributed by atoms with Crippen molar-refractivity contribution in [3.63, 3.8) is 0 Å². The van der Waals surface area contributed by atoms with E-state index in [2.05, 4.69) is 13.8 Å². The minimum atomic E-state index is 0.604. The Morgan fingerprint density at radius 3 is 1.60 bits per heavy atom. The number of epoxide rings is 2. The molecule has 0 aliphatic carbocycles. The molecule has 0 aromatic rings. The Bertz CT molecular complexity index is 165. The van der Waals surface area contributed by atoms with Gasteiger partial charge in [-0.2, -0.15) is 0 Å². The van der Waals surface area contributed by atoms with E-state index in [1.807, 2.05) is 0 Å². The highest BCUT2D eigenvalue weighted by Crippen LogP contribution is 2.31. The van der Waals surface area contributed by atoms with Crippen LogP contribution in [0.2, 0.25) is 0 Å². The van der Waals surface area contributed by atoms with Crippen molar-refractivity contribution in [1.82, 2.24) is 0 Å².